The number of hydrogen-bond donors (Lipinski definition) is 1. The Balaban J connectivity index is 1.55. The average Bonchev–Trinajstić information content (AvgIpc) is 3.58. The van der Waals surface area contributed by atoms with Crippen molar-refractivity contribution in [3.63, 3.8) is 0 Å². The molecule has 0 bridgehead atoms. The minimum absolute atomic E-state index is 0.129. The number of benzene rings is 4. The van der Waals surface area contributed by atoms with Crippen molar-refractivity contribution < 1.29 is 9.50 Å². The van der Waals surface area contributed by atoms with Crippen LogP contribution in [-0.4, -0.2) is 14.7 Å². The van der Waals surface area contributed by atoms with Crippen molar-refractivity contribution in [2.45, 2.75) is 37.3 Å². The first kappa shape index (κ1) is 23.4. The van der Waals surface area contributed by atoms with Gasteiger partial charge in [0.1, 0.15) is 11.4 Å². The van der Waals surface area contributed by atoms with Crippen molar-refractivity contribution in [3.8, 4) is 0 Å². The molecule has 0 fully saturated rings. The second-order valence-electron chi connectivity index (χ2n) is 9.85. The third kappa shape index (κ3) is 3.89. The van der Waals surface area contributed by atoms with Gasteiger partial charge in [0.2, 0.25) is 0 Å². The topological polar surface area (TPSA) is 38.0 Å². The second kappa shape index (κ2) is 9.45. The van der Waals surface area contributed by atoms with E-state index in [1.54, 1.807) is 6.07 Å². The lowest BCUT2D eigenvalue weighted by Gasteiger charge is -2.37. The van der Waals surface area contributed by atoms with Gasteiger partial charge in [0, 0.05) is 12.1 Å². The Morgan fingerprint density at radius 1 is 0.865 bits per heavy atom. The lowest BCUT2D eigenvalue weighted by molar-refractivity contribution is 0.179. The second-order valence-corrected chi connectivity index (χ2v) is 9.85. The number of aliphatic hydroxyl groups is 1. The van der Waals surface area contributed by atoms with Crippen LogP contribution in [0.5, 0.6) is 0 Å². The van der Waals surface area contributed by atoms with Gasteiger partial charge in [0.15, 0.2) is 0 Å². The molecule has 4 heteroatoms. The quantitative estimate of drug-likeness (QED) is 0.262. The molecule has 2 unspecified atom stereocenters. The third-order valence-electron chi connectivity index (χ3n) is 7.79. The standard InChI is InChI=1S/C33H29FN2O/c1-23(29-19-27(34)20-30-28(29)17-18-32(30)37)31-21-36(22-35-31)33(24-11-5-2-6-12-24,25-13-7-3-8-14-25)26-15-9-4-10-16-26/h2-16,19-23,32,37H,17-18H2,1H3. The van der Waals surface area contributed by atoms with E-state index >= 15 is 0 Å². The van der Waals surface area contributed by atoms with Gasteiger partial charge < -0.3 is 9.67 Å². The van der Waals surface area contributed by atoms with Gasteiger partial charge in [-0.15, -0.1) is 0 Å². The molecule has 1 aliphatic carbocycles. The number of rotatable bonds is 6. The van der Waals surface area contributed by atoms with Gasteiger partial charge >= 0.3 is 0 Å². The summed E-state index contributed by atoms with van der Waals surface area (Å²) in [7, 11) is 0. The summed E-state index contributed by atoms with van der Waals surface area (Å²) in [5.41, 5.74) is 6.26. The van der Waals surface area contributed by atoms with Crippen molar-refractivity contribution in [2.24, 2.45) is 0 Å². The summed E-state index contributed by atoms with van der Waals surface area (Å²) in [6.07, 6.45) is 4.77. The maximum Gasteiger partial charge on any atom is 0.123 e. The fourth-order valence-electron chi connectivity index (χ4n) is 5.98. The molecule has 3 nitrogen and oxygen atoms in total. The molecule has 184 valence electrons. The van der Waals surface area contributed by atoms with Crippen LogP contribution < -0.4 is 0 Å². The van der Waals surface area contributed by atoms with Gasteiger partial charge in [-0.1, -0.05) is 97.9 Å². The van der Waals surface area contributed by atoms with E-state index in [0.29, 0.717) is 12.0 Å². The summed E-state index contributed by atoms with van der Waals surface area (Å²) in [5.74, 6) is -0.441. The molecule has 37 heavy (non-hydrogen) atoms. The van der Waals surface area contributed by atoms with E-state index in [1.165, 1.54) is 6.07 Å². The predicted molar refractivity (Wildman–Crippen MR) is 144 cm³/mol. The molecule has 1 aromatic heterocycles. The monoisotopic (exact) mass is 488 g/mol. The van der Waals surface area contributed by atoms with E-state index in [1.807, 2.05) is 24.5 Å². The molecule has 4 aromatic carbocycles. The summed E-state index contributed by atoms with van der Waals surface area (Å²) in [6, 6.07) is 34.5. The maximum absolute atomic E-state index is 14.6. The fourth-order valence-corrected chi connectivity index (χ4v) is 5.98. The highest BCUT2D eigenvalue weighted by Gasteiger charge is 2.38. The molecule has 0 saturated heterocycles. The number of halogens is 1. The van der Waals surface area contributed by atoms with E-state index in [9.17, 15) is 9.50 Å². The van der Waals surface area contributed by atoms with E-state index in [0.717, 1.165) is 39.9 Å². The Bertz CT molecular complexity index is 1420. The van der Waals surface area contributed by atoms with Crippen LogP contribution in [0, 0.1) is 5.82 Å². The van der Waals surface area contributed by atoms with Crippen molar-refractivity contribution in [1.82, 2.24) is 9.55 Å². The molecule has 1 heterocycles. The first-order valence-corrected chi connectivity index (χ1v) is 12.8. The number of hydrogen-bond acceptors (Lipinski definition) is 2. The molecule has 0 radical (unpaired) electrons. The highest BCUT2D eigenvalue weighted by molar-refractivity contribution is 5.51. The molecule has 0 amide bonds. The van der Waals surface area contributed by atoms with Crippen LogP contribution in [0.25, 0.3) is 0 Å². The highest BCUT2D eigenvalue weighted by atomic mass is 19.1. The molecular formula is C33H29FN2O. The van der Waals surface area contributed by atoms with E-state index in [4.69, 9.17) is 4.98 Å². The number of aromatic nitrogens is 2. The predicted octanol–water partition coefficient (Wildman–Crippen LogP) is 6.99. The van der Waals surface area contributed by atoms with Gasteiger partial charge in [-0.05, 0) is 58.4 Å². The van der Waals surface area contributed by atoms with Gasteiger partial charge in [-0.2, -0.15) is 0 Å². The SMILES string of the molecule is CC(c1cn(C(c2ccccc2)(c2ccccc2)c2ccccc2)cn1)c1cc(F)cc2c1CCC2O. The minimum Gasteiger partial charge on any atom is -0.388 e. The van der Waals surface area contributed by atoms with Crippen molar-refractivity contribution in [3.05, 3.63) is 161 Å². The van der Waals surface area contributed by atoms with Gasteiger partial charge in [0.25, 0.3) is 0 Å². The summed E-state index contributed by atoms with van der Waals surface area (Å²) < 4.78 is 16.8. The highest BCUT2D eigenvalue weighted by Crippen LogP contribution is 2.42. The summed E-state index contributed by atoms with van der Waals surface area (Å²) in [5, 5.41) is 10.4. The largest absolute Gasteiger partial charge is 0.388 e. The smallest absolute Gasteiger partial charge is 0.123 e. The van der Waals surface area contributed by atoms with Crippen molar-refractivity contribution in [1.29, 1.82) is 0 Å². The molecule has 0 aliphatic heterocycles. The van der Waals surface area contributed by atoms with E-state index < -0.39 is 11.6 Å². The normalized spacial score (nSPS) is 15.9. The van der Waals surface area contributed by atoms with Crippen LogP contribution in [0.4, 0.5) is 4.39 Å². The zero-order valence-corrected chi connectivity index (χ0v) is 20.8. The number of imidazole rings is 1. The maximum atomic E-state index is 14.6. The van der Waals surface area contributed by atoms with Crippen molar-refractivity contribution in [2.75, 3.05) is 0 Å². The Kier molecular flexibility index (Phi) is 5.97. The Morgan fingerprint density at radius 3 is 1.95 bits per heavy atom. The summed E-state index contributed by atoms with van der Waals surface area (Å²) in [4.78, 5) is 4.89. The van der Waals surface area contributed by atoms with Crippen LogP contribution in [0.2, 0.25) is 0 Å². The van der Waals surface area contributed by atoms with Gasteiger partial charge in [0.05, 0.1) is 18.1 Å². The fraction of sp³-hybridized carbons (Fsp3) is 0.182. The summed E-state index contributed by atoms with van der Waals surface area (Å²) >= 11 is 0. The number of aliphatic hydroxyl groups excluding tert-OH is 1. The molecule has 2 atom stereocenters. The Morgan fingerprint density at radius 2 is 1.41 bits per heavy atom. The van der Waals surface area contributed by atoms with Crippen molar-refractivity contribution >= 4 is 0 Å². The minimum atomic E-state index is -0.644. The number of fused-ring (bicyclic) bond motifs is 1. The molecule has 1 aliphatic rings. The zero-order valence-electron chi connectivity index (χ0n) is 20.8. The van der Waals surface area contributed by atoms with Crippen LogP contribution in [0.1, 0.15) is 64.4 Å². The third-order valence-corrected chi connectivity index (χ3v) is 7.79. The number of nitrogens with zero attached hydrogens (tertiary/aromatic N) is 2. The lowest BCUT2D eigenvalue weighted by atomic mass is 9.76. The first-order valence-electron chi connectivity index (χ1n) is 12.8. The van der Waals surface area contributed by atoms with Crippen LogP contribution in [-0.2, 0) is 12.0 Å². The molecule has 0 saturated carbocycles. The molecule has 5 aromatic rings. The van der Waals surface area contributed by atoms with E-state index in [2.05, 4.69) is 90.5 Å². The van der Waals surface area contributed by atoms with Crippen LogP contribution in [0.15, 0.2) is 116 Å². The van der Waals surface area contributed by atoms with Gasteiger partial charge in [-0.3, -0.25) is 0 Å². The lowest BCUT2D eigenvalue weighted by Crippen LogP contribution is -2.37. The van der Waals surface area contributed by atoms with Gasteiger partial charge in [-0.25, -0.2) is 9.37 Å². The Labute approximate surface area is 216 Å². The van der Waals surface area contributed by atoms with Crippen LogP contribution in [0.3, 0.4) is 0 Å². The molecule has 0 spiro atoms. The first-order chi connectivity index (χ1) is 18.1. The van der Waals surface area contributed by atoms with E-state index in [-0.39, 0.29) is 11.7 Å². The Hall–Kier alpha value is -4.02. The molecular weight excluding hydrogens is 459 g/mol. The average molecular weight is 489 g/mol. The summed E-state index contributed by atoms with van der Waals surface area (Å²) in [6.45, 7) is 2.07. The molecule has 1 N–H and O–H groups in total. The molecule has 6 rings (SSSR count). The van der Waals surface area contributed by atoms with Crippen LogP contribution >= 0.6 is 0 Å². The zero-order chi connectivity index (χ0) is 25.4.